The van der Waals surface area contributed by atoms with Gasteiger partial charge in [-0.3, -0.25) is 0 Å². The Morgan fingerprint density at radius 3 is 1.35 bits per heavy atom. The second-order valence-corrected chi connectivity index (χ2v) is 5.66. The van der Waals surface area contributed by atoms with Crippen LogP contribution in [0.15, 0.2) is 12.2 Å². The Morgan fingerprint density at radius 1 is 0.645 bits per heavy atom. The van der Waals surface area contributed by atoms with Crippen LogP contribution in [0.5, 0.6) is 0 Å². The Kier molecular flexibility index (Phi) is 9.98. The van der Waals surface area contributed by atoms with E-state index in [4.69, 9.17) is 0 Å². The summed E-state index contributed by atoms with van der Waals surface area (Å²) in [4.78, 5) is 10.0. The molecular formula is C13H8F15NaO2. The molecule has 0 aromatic heterocycles. The molecule has 0 saturated carbocycles. The molecule has 0 aliphatic carbocycles. The van der Waals surface area contributed by atoms with E-state index >= 15 is 0 Å². The van der Waals surface area contributed by atoms with Crippen LogP contribution in [-0.2, 0) is 4.79 Å². The molecule has 31 heavy (non-hydrogen) atoms. The van der Waals surface area contributed by atoms with Gasteiger partial charge in [-0.1, -0.05) is 6.08 Å². The molecule has 0 fully saturated rings. The molecular weight excluding hydrogens is 496 g/mol. The number of halogens is 15. The molecule has 0 aliphatic heterocycles. The van der Waals surface area contributed by atoms with E-state index in [0.29, 0.717) is 0 Å². The molecule has 0 rings (SSSR count). The third kappa shape index (κ3) is 5.57. The summed E-state index contributed by atoms with van der Waals surface area (Å²) >= 11 is 0. The van der Waals surface area contributed by atoms with Crippen molar-refractivity contribution in [2.45, 2.75) is 61.0 Å². The first-order valence-electron chi connectivity index (χ1n) is 7.13. The molecule has 0 bridgehead atoms. The topological polar surface area (TPSA) is 40.1 Å². The van der Waals surface area contributed by atoms with Gasteiger partial charge in [-0.05, 0) is 25.3 Å². The number of carbonyl (C=O) groups is 1. The molecule has 18 heteroatoms. The minimum Gasteiger partial charge on any atom is -0.550 e. The molecule has 0 amide bonds. The van der Waals surface area contributed by atoms with Crippen molar-refractivity contribution in [1.82, 2.24) is 0 Å². The molecule has 0 heterocycles. The monoisotopic (exact) mass is 504 g/mol. The molecule has 0 N–H and O–H groups in total. The van der Waals surface area contributed by atoms with Crippen molar-refractivity contribution >= 4 is 5.97 Å². The minimum absolute atomic E-state index is 0. The standard InChI is InChI=1S/C13H9F15O2.Na/c14-7(15,5-3-1-2-4-6(29)30)8(16,17)9(18,19)10(20,21)11(22,23)12(24,25)13(26,27)28;/h3,5H,1-2,4H2,(H,29,30);/q;+1/p-1/b5-3+;. The van der Waals surface area contributed by atoms with Crippen LogP contribution < -0.4 is 34.7 Å². The Labute approximate surface area is 184 Å². The van der Waals surface area contributed by atoms with E-state index in [1.807, 2.05) is 0 Å². The van der Waals surface area contributed by atoms with Gasteiger partial charge in [-0.25, -0.2) is 0 Å². The van der Waals surface area contributed by atoms with Crippen LogP contribution >= 0.6 is 0 Å². The van der Waals surface area contributed by atoms with E-state index in [2.05, 4.69) is 0 Å². The van der Waals surface area contributed by atoms with Crippen molar-refractivity contribution in [3.8, 4) is 0 Å². The van der Waals surface area contributed by atoms with Crippen LogP contribution in [0.3, 0.4) is 0 Å². The average Bonchev–Trinajstić information content (AvgIpc) is 2.51. The van der Waals surface area contributed by atoms with E-state index in [1.165, 1.54) is 0 Å². The quantitative estimate of drug-likeness (QED) is 0.197. The Balaban J connectivity index is 0. The van der Waals surface area contributed by atoms with Crippen LogP contribution in [0, 0.1) is 0 Å². The molecule has 0 aromatic rings. The summed E-state index contributed by atoms with van der Waals surface area (Å²) in [5.41, 5.74) is 0. The summed E-state index contributed by atoms with van der Waals surface area (Å²) < 4.78 is 193. The fraction of sp³-hybridized carbons (Fsp3) is 0.769. The summed E-state index contributed by atoms with van der Waals surface area (Å²) in [5, 5.41) is 10.0. The van der Waals surface area contributed by atoms with Gasteiger partial charge in [0.2, 0.25) is 0 Å². The smallest absolute Gasteiger partial charge is 0.550 e. The van der Waals surface area contributed by atoms with Crippen LogP contribution in [0.1, 0.15) is 19.3 Å². The summed E-state index contributed by atoms with van der Waals surface area (Å²) in [6.07, 6.45) is -11.4. The largest absolute Gasteiger partial charge is 1.00 e. The Morgan fingerprint density at radius 2 is 1.00 bits per heavy atom. The van der Waals surface area contributed by atoms with Crippen LogP contribution in [0.2, 0.25) is 0 Å². The summed E-state index contributed by atoms with van der Waals surface area (Å²) in [5.74, 6) is -48.6. The number of unbranched alkanes of at least 4 members (excludes halogenated alkanes) is 1. The van der Waals surface area contributed by atoms with Crippen molar-refractivity contribution < 1.29 is 105 Å². The van der Waals surface area contributed by atoms with Crippen LogP contribution in [-0.4, -0.2) is 47.7 Å². The van der Waals surface area contributed by atoms with Gasteiger partial charge in [0.15, 0.2) is 0 Å². The number of allylic oxidation sites excluding steroid dienone is 2. The van der Waals surface area contributed by atoms with Crippen LogP contribution in [0.25, 0.3) is 0 Å². The predicted octanol–water partition coefficient (Wildman–Crippen LogP) is 1.84. The van der Waals surface area contributed by atoms with Crippen LogP contribution in [0.4, 0.5) is 65.9 Å². The summed E-state index contributed by atoms with van der Waals surface area (Å²) in [6, 6.07) is 0. The number of hydrogen-bond donors (Lipinski definition) is 0. The fourth-order valence-electron chi connectivity index (χ4n) is 1.68. The van der Waals surface area contributed by atoms with Gasteiger partial charge in [0.25, 0.3) is 0 Å². The number of alkyl halides is 15. The molecule has 0 saturated heterocycles. The van der Waals surface area contributed by atoms with Gasteiger partial charge in [0.05, 0.1) is 0 Å². The zero-order valence-electron chi connectivity index (χ0n) is 14.8. The number of carbonyl (C=O) groups excluding carboxylic acids is 1. The molecule has 0 radical (unpaired) electrons. The van der Waals surface area contributed by atoms with E-state index in [0.717, 1.165) is 0 Å². The Hall–Kier alpha value is -0.840. The SMILES string of the molecule is O=C([O-])CCC/C=C/C(F)(F)C(F)(F)C(F)(F)C(F)(F)C(F)(F)C(F)(F)C(F)(F)F.[Na+]. The number of rotatable bonds is 10. The second kappa shape index (κ2) is 9.57. The van der Waals surface area contributed by atoms with E-state index in [9.17, 15) is 75.8 Å². The Bertz CT molecular complexity index is 654. The van der Waals surface area contributed by atoms with Gasteiger partial charge < -0.3 is 9.90 Å². The molecule has 0 unspecified atom stereocenters. The van der Waals surface area contributed by atoms with Gasteiger partial charge >= 0.3 is 71.3 Å². The molecule has 178 valence electrons. The first-order valence-corrected chi connectivity index (χ1v) is 7.13. The zero-order valence-corrected chi connectivity index (χ0v) is 16.8. The maximum absolute atomic E-state index is 13.3. The molecule has 0 aliphatic rings. The number of hydrogen-bond acceptors (Lipinski definition) is 2. The average molecular weight is 504 g/mol. The summed E-state index contributed by atoms with van der Waals surface area (Å²) in [7, 11) is 0. The summed E-state index contributed by atoms with van der Waals surface area (Å²) in [6.45, 7) is 0. The predicted molar refractivity (Wildman–Crippen MR) is 63.7 cm³/mol. The minimum atomic E-state index is -8.32. The van der Waals surface area contributed by atoms with Gasteiger partial charge in [0, 0.05) is 5.97 Å². The first kappa shape index (κ1) is 32.3. The number of carboxylic acid groups (broad SMARTS) is 1. The molecule has 2 nitrogen and oxygen atoms in total. The maximum Gasteiger partial charge on any atom is 1.00 e. The fourth-order valence-corrected chi connectivity index (χ4v) is 1.68. The van der Waals surface area contributed by atoms with Gasteiger partial charge in [0.1, 0.15) is 0 Å². The third-order valence-corrected chi connectivity index (χ3v) is 3.43. The third-order valence-electron chi connectivity index (χ3n) is 3.43. The zero-order chi connectivity index (χ0) is 24.6. The van der Waals surface area contributed by atoms with E-state index in [-0.39, 0.29) is 35.6 Å². The van der Waals surface area contributed by atoms with Crippen molar-refractivity contribution in [2.75, 3.05) is 0 Å². The van der Waals surface area contributed by atoms with Gasteiger partial charge in [-0.2, -0.15) is 65.9 Å². The normalized spacial score (nSPS) is 15.2. The molecule has 0 atom stereocenters. The van der Waals surface area contributed by atoms with Crippen molar-refractivity contribution in [2.24, 2.45) is 0 Å². The molecule has 0 spiro atoms. The number of aliphatic carboxylic acids is 1. The van der Waals surface area contributed by atoms with Crippen molar-refractivity contribution in [3.63, 3.8) is 0 Å². The molecule has 0 aromatic carbocycles. The second-order valence-electron chi connectivity index (χ2n) is 5.66. The van der Waals surface area contributed by atoms with E-state index < -0.39 is 73.0 Å². The van der Waals surface area contributed by atoms with Crippen molar-refractivity contribution in [1.29, 1.82) is 0 Å². The maximum atomic E-state index is 13.3. The number of carboxylic acids is 1. The first-order chi connectivity index (χ1) is 12.9. The van der Waals surface area contributed by atoms with Gasteiger partial charge in [-0.15, -0.1) is 0 Å². The van der Waals surface area contributed by atoms with E-state index in [1.54, 1.807) is 0 Å². The van der Waals surface area contributed by atoms with Crippen molar-refractivity contribution in [3.05, 3.63) is 12.2 Å².